The Bertz CT molecular complexity index is 513. The van der Waals surface area contributed by atoms with Gasteiger partial charge in [0.2, 0.25) is 0 Å². The molecule has 138 valence electrons. The van der Waals surface area contributed by atoms with Crippen LogP contribution in [0.5, 0.6) is 11.5 Å². The maximum atomic E-state index is 11.9. The van der Waals surface area contributed by atoms with Crippen molar-refractivity contribution in [1.82, 2.24) is 10.6 Å². The fraction of sp³-hybridized carbons (Fsp3) is 0.611. The minimum atomic E-state index is -0.268. The van der Waals surface area contributed by atoms with Crippen LogP contribution in [0.4, 0.5) is 0 Å². The number of rotatable bonds is 8. The Kier molecular flexibility index (Phi) is 9.78. The van der Waals surface area contributed by atoms with Crippen LogP contribution in [0.1, 0.15) is 47.1 Å². The molecular weight excluding hydrogens is 328 g/mol. The molecule has 1 rings (SSSR count). The minimum Gasteiger partial charge on any atom is -0.490 e. The summed E-state index contributed by atoms with van der Waals surface area (Å²) in [7, 11) is 0. The number of ether oxygens (including phenoxy) is 2. The van der Waals surface area contributed by atoms with Crippen LogP contribution in [-0.4, -0.2) is 30.7 Å². The average Bonchev–Trinajstić information content (AvgIpc) is 2.42. The van der Waals surface area contributed by atoms with Crippen molar-refractivity contribution in [2.75, 3.05) is 13.2 Å². The molecule has 0 bridgehead atoms. The Morgan fingerprint density at radius 1 is 1.17 bits per heavy atom. The first-order chi connectivity index (χ1) is 10.7. The summed E-state index contributed by atoms with van der Waals surface area (Å²) in [4.78, 5) is 11.9. The Balaban J connectivity index is 0.00000529. The molecule has 0 aromatic heterocycles. The topological polar surface area (TPSA) is 59.6 Å². The van der Waals surface area contributed by atoms with Crippen molar-refractivity contribution in [2.45, 2.75) is 59.7 Å². The van der Waals surface area contributed by atoms with E-state index in [0.29, 0.717) is 24.1 Å². The molecule has 1 amide bonds. The van der Waals surface area contributed by atoms with E-state index in [9.17, 15) is 4.79 Å². The van der Waals surface area contributed by atoms with E-state index in [1.54, 1.807) is 0 Å². The molecule has 1 aromatic rings. The second kappa shape index (κ2) is 10.4. The maximum absolute atomic E-state index is 11.9. The molecule has 0 aliphatic carbocycles. The zero-order chi connectivity index (χ0) is 17.5. The Morgan fingerprint density at radius 2 is 1.83 bits per heavy atom. The van der Waals surface area contributed by atoms with Gasteiger partial charge in [-0.1, -0.05) is 19.9 Å². The molecule has 0 fully saturated rings. The van der Waals surface area contributed by atoms with Crippen LogP contribution < -0.4 is 20.1 Å². The third-order valence-corrected chi connectivity index (χ3v) is 2.90. The van der Waals surface area contributed by atoms with Crippen molar-refractivity contribution in [3.05, 3.63) is 23.8 Å². The first-order valence-corrected chi connectivity index (χ1v) is 8.14. The summed E-state index contributed by atoms with van der Waals surface area (Å²) >= 11 is 0. The van der Waals surface area contributed by atoms with Crippen molar-refractivity contribution in [3.63, 3.8) is 0 Å². The highest BCUT2D eigenvalue weighted by molar-refractivity contribution is 5.85. The van der Waals surface area contributed by atoms with Gasteiger partial charge in [-0.3, -0.25) is 4.79 Å². The van der Waals surface area contributed by atoms with Crippen LogP contribution in [0, 0.1) is 0 Å². The molecule has 0 saturated heterocycles. The third-order valence-electron chi connectivity index (χ3n) is 2.90. The molecule has 0 aliphatic rings. The molecule has 5 nitrogen and oxygen atoms in total. The highest BCUT2D eigenvalue weighted by atomic mass is 35.5. The van der Waals surface area contributed by atoms with Gasteiger partial charge in [0.1, 0.15) is 0 Å². The predicted molar refractivity (Wildman–Crippen MR) is 100 cm³/mol. The van der Waals surface area contributed by atoms with E-state index >= 15 is 0 Å². The Morgan fingerprint density at radius 3 is 2.38 bits per heavy atom. The van der Waals surface area contributed by atoms with E-state index in [0.717, 1.165) is 12.1 Å². The molecule has 0 unspecified atom stereocenters. The summed E-state index contributed by atoms with van der Waals surface area (Å²) in [6, 6.07) is 6.21. The van der Waals surface area contributed by atoms with Gasteiger partial charge in [-0.2, -0.15) is 0 Å². The van der Waals surface area contributed by atoms with E-state index in [-0.39, 0.29) is 30.5 Å². The summed E-state index contributed by atoms with van der Waals surface area (Å²) < 4.78 is 11.3. The number of carbonyl (C=O) groups excluding carboxylic acids is 1. The Hall–Kier alpha value is -1.46. The standard InChI is InChI=1S/C18H30N2O3.ClH/c1-7-22-16-10-14(11-19-13(2)3)8-9-15(16)23-12-17(21)20-18(4,5)6;/h8-10,13,19H,7,11-12H2,1-6H3,(H,20,21);1H. The fourth-order valence-electron chi connectivity index (χ4n) is 1.97. The zero-order valence-electron chi connectivity index (χ0n) is 15.6. The summed E-state index contributed by atoms with van der Waals surface area (Å²) in [5, 5.41) is 6.24. The Labute approximate surface area is 151 Å². The van der Waals surface area contributed by atoms with E-state index < -0.39 is 0 Å². The van der Waals surface area contributed by atoms with Gasteiger partial charge in [0, 0.05) is 18.1 Å². The SMILES string of the molecule is CCOc1cc(CNC(C)C)ccc1OCC(=O)NC(C)(C)C.Cl. The highest BCUT2D eigenvalue weighted by Gasteiger charge is 2.15. The average molecular weight is 359 g/mol. The number of carbonyl (C=O) groups is 1. The summed E-state index contributed by atoms with van der Waals surface area (Å²) in [6.45, 7) is 13.2. The van der Waals surface area contributed by atoms with E-state index in [1.165, 1.54) is 0 Å². The molecule has 2 N–H and O–H groups in total. The van der Waals surface area contributed by atoms with Crippen LogP contribution in [0.15, 0.2) is 18.2 Å². The molecule has 0 spiro atoms. The molecule has 0 saturated carbocycles. The largest absolute Gasteiger partial charge is 0.490 e. The van der Waals surface area contributed by atoms with Crippen LogP contribution in [0.3, 0.4) is 0 Å². The lowest BCUT2D eigenvalue weighted by molar-refractivity contribution is -0.124. The number of halogens is 1. The smallest absolute Gasteiger partial charge is 0.258 e. The number of benzene rings is 1. The van der Waals surface area contributed by atoms with Gasteiger partial charge in [-0.05, 0) is 45.4 Å². The summed E-state index contributed by atoms with van der Waals surface area (Å²) in [5.41, 5.74) is 0.851. The molecule has 0 aliphatic heterocycles. The number of hydrogen-bond acceptors (Lipinski definition) is 4. The first kappa shape index (κ1) is 22.5. The quantitative estimate of drug-likeness (QED) is 0.748. The molecule has 6 heteroatoms. The van der Waals surface area contributed by atoms with Gasteiger partial charge in [0.15, 0.2) is 18.1 Å². The van der Waals surface area contributed by atoms with E-state index in [4.69, 9.17) is 9.47 Å². The summed E-state index contributed by atoms with van der Waals surface area (Å²) in [6.07, 6.45) is 0. The number of hydrogen-bond donors (Lipinski definition) is 2. The lowest BCUT2D eigenvalue weighted by atomic mass is 10.1. The van der Waals surface area contributed by atoms with Crippen molar-refractivity contribution in [1.29, 1.82) is 0 Å². The third kappa shape index (κ3) is 8.99. The van der Waals surface area contributed by atoms with Gasteiger partial charge in [0.25, 0.3) is 5.91 Å². The maximum Gasteiger partial charge on any atom is 0.258 e. The van der Waals surface area contributed by atoms with Gasteiger partial charge in [-0.25, -0.2) is 0 Å². The van der Waals surface area contributed by atoms with Crippen molar-refractivity contribution < 1.29 is 14.3 Å². The summed E-state index contributed by atoms with van der Waals surface area (Å²) in [5.74, 6) is 1.11. The van der Waals surface area contributed by atoms with Crippen LogP contribution >= 0.6 is 12.4 Å². The minimum absolute atomic E-state index is 0. The van der Waals surface area contributed by atoms with E-state index in [2.05, 4.69) is 24.5 Å². The first-order valence-electron chi connectivity index (χ1n) is 8.14. The number of nitrogens with one attached hydrogen (secondary N) is 2. The van der Waals surface area contributed by atoms with Gasteiger partial charge < -0.3 is 20.1 Å². The second-order valence-electron chi connectivity index (χ2n) is 6.84. The van der Waals surface area contributed by atoms with Gasteiger partial charge in [-0.15, -0.1) is 12.4 Å². The zero-order valence-corrected chi connectivity index (χ0v) is 16.4. The van der Waals surface area contributed by atoms with Gasteiger partial charge >= 0.3 is 0 Å². The fourth-order valence-corrected chi connectivity index (χ4v) is 1.97. The lowest BCUT2D eigenvalue weighted by Crippen LogP contribution is -2.43. The number of amides is 1. The van der Waals surface area contributed by atoms with Crippen LogP contribution in [0.2, 0.25) is 0 Å². The van der Waals surface area contributed by atoms with Crippen LogP contribution in [0.25, 0.3) is 0 Å². The molecular formula is C18H31ClN2O3. The monoisotopic (exact) mass is 358 g/mol. The van der Waals surface area contributed by atoms with Gasteiger partial charge in [0.05, 0.1) is 6.61 Å². The van der Waals surface area contributed by atoms with Crippen LogP contribution in [-0.2, 0) is 11.3 Å². The van der Waals surface area contributed by atoms with Crippen molar-refractivity contribution >= 4 is 18.3 Å². The normalized spacial score (nSPS) is 11.0. The predicted octanol–water partition coefficient (Wildman–Crippen LogP) is 3.30. The molecule has 1 aromatic carbocycles. The van der Waals surface area contributed by atoms with E-state index in [1.807, 2.05) is 45.9 Å². The lowest BCUT2D eigenvalue weighted by Gasteiger charge is -2.21. The van der Waals surface area contributed by atoms with Crippen molar-refractivity contribution in [3.8, 4) is 11.5 Å². The second-order valence-corrected chi connectivity index (χ2v) is 6.84. The molecule has 0 atom stereocenters. The highest BCUT2D eigenvalue weighted by Crippen LogP contribution is 2.28. The van der Waals surface area contributed by atoms with Crippen molar-refractivity contribution in [2.24, 2.45) is 0 Å². The molecule has 0 radical (unpaired) electrons. The molecule has 24 heavy (non-hydrogen) atoms. The molecule has 0 heterocycles.